The molecule has 6 nitrogen and oxygen atoms in total. The third kappa shape index (κ3) is 4.82. The Morgan fingerprint density at radius 2 is 2.11 bits per heavy atom. The molecule has 0 radical (unpaired) electrons. The minimum atomic E-state index is -0.330. The molecule has 2 heterocycles. The van der Waals surface area contributed by atoms with E-state index >= 15 is 0 Å². The van der Waals surface area contributed by atoms with Gasteiger partial charge in [0.1, 0.15) is 18.2 Å². The van der Waals surface area contributed by atoms with Gasteiger partial charge in [0.25, 0.3) is 0 Å². The summed E-state index contributed by atoms with van der Waals surface area (Å²) in [5, 5.41) is 15.7. The van der Waals surface area contributed by atoms with E-state index in [0.717, 1.165) is 43.1 Å². The van der Waals surface area contributed by atoms with E-state index in [1.165, 1.54) is 18.6 Å². The van der Waals surface area contributed by atoms with Crippen LogP contribution in [-0.4, -0.2) is 33.8 Å². The second-order valence-electron chi connectivity index (χ2n) is 7.70. The van der Waals surface area contributed by atoms with Crippen molar-refractivity contribution in [2.75, 3.05) is 13.1 Å². The van der Waals surface area contributed by atoms with Crippen LogP contribution in [-0.2, 0) is 24.9 Å². The van der Waals surface area contributed by atoms with E-state index in [1.54, 1.807) is 6.07 Å². The van der Waals surface area contributed by atoms with Gasteiger partial charge in [0.2, 0.25) is 0 Å². The minimum absolute atomic E-state index is 0.297. The molecule has 1 aromatic carbocycles. The highest BCUT2D eigenvalue weighted by atomic mass is 35.5. The molecule has 2 N–H and O–H groups in total. The molecule has 1 aromatic heterocycles. The summed E-state index contributed by atoms with van der Waals surface area (Å²) < 4.78 is 15.5. The van der Waals surface area contributed by atoms with Gasteiger partial charge < -0.3 is 15.2 Å². The molecule has 0 saturated heterocycles. The Kier molecular flexibility index (Phi) is 6.54. The lowest BCUT2D eigenvalue weighted by Crippen LogP contribution is -2.43. The van der Waals surface area contributed by atoms with E-state index in [1.807, 2.05) is 6.92 Å². The van der Waals surface area contributed by atoms with Crippen molar-refractivity contribution < 1.29 is 4.39 Å². The Morgan fingerprint density at radius 3 is 2.86 bits per heavy atom. The molecule has 152 valence electrons. The van der Waals surface area contributed by atoms with Gasteiger partial charge in [0.15, 0.2) is 11.8 Å². The average molecular weight is 407 g/mol. The molecule has 0 fully saturated rings. The summed E-state index contributed by atoms with van der Waals surface area (Å²) in [6.45, 7) is 8.95. The van der Waals surface area contributed by atoms with Crippen LogP contribution < -0.4 is 10.6 Å². The van der Waals surface area contributed by atoms with Crippen molar-refractivity contribution in [3.8, 4) is 0 Å². The van der Waals surface area contributed by atoms with Gasteiger partial charge in [-0.15, -0.1) is 10.2 Å². The standard InChI is InChI=1S/C20H28ClFN6/c1-4-23-19(24-12-18-27-26-17-7-5-6-10-28(17)18)25-13-20(2,3)15-9-8-14(22)11-16(15)21/h8-9,11H,4-7,10,12-13H2,1-3H3,(H2,23,24,25). The molecule has 3 rings (SSSR count). The van der Waals surface area contributed by atoms with Crippen LogP contribution in [0.1, 0.15) is 50.8 Å². The number of aryl methyl sites for hydroxylation is 1. The Hall–Kier alpha value is -2.15. The fraction of sp³-hybridized carbons (Fsp3) is 0.550. The van der Waals surface area contributed by atoms with Gasteiger partial charge in [-0.25, -0.2) is 9.38 Å². The Labute approximate surface area is 170 Å². The Balaban J connectivity index is 1.68. The second kappa shape index (κ2) is 8.90. The predicted molar refractivity (Wildman–Crippen MR) is 110 cm³/mol. The molecule has 0 unspecified atom stereocenters. The molecule has 28 heavy (non-hydrogen) atoms. The van der Waals surface area contributed by atoms with E-state index in [2.05, 4.69) is 44.2 Å². The van der Waals surface area contributed by atoms with Crippen molar-refractivity contribution in [1.29, 1.82) is 0 Å². The number of guanidine groups is 1. The number of benzene rings is 1. The Morgan fingerprint density at radius 1 is 1.29 bits per heavy atom. The maximum absolute atomic E-state index is 13.4. The zero-order chi connectivity index (χ0) is 20.1. The van der Waals surface area contributed by atoms with Gasteiger partial charge in [-0.05, 0) is 37.5 Å². The van der Waals surface area contributed by atoms with E-state index in [9.17, 15) is 4.39 Å². The van der Waals surface area contributed by atoms with Crippen LogP contribution in [0.25, 0.3) is 0 Å². The highest BCUT2D eigenvalue weighted by Gasteiger charge is 2.24. The van der Waals surface area contributed by atoms with E-state index in [4.69, 9.17) is 11.6 Å². The lowest BCUT2D eigenvalue weighted by Gasteiger charge is -2.27. The molecule has 0 amide bonds. The largest absolute Gasteiger partial charge is 0.357 e. The van der Waals surface area contributed by atoms with Gasteiger partial charge in [-0.2, -0.15) is 0 Å². The molecule has 1 aliphatic rings. The third-order valence-corrected chi connectivity index (χ3v) is 5.33. The summed E-state index contributed by atoms with van der Waals surface area (Å²) >= 11 is 6.26. The van der Waals surface area contributed by atoms with Gasteiger partial charge in [-0.3, -0.25) is 0 Å². The summed E-state index contributed by atoms with van der Waals surface area (Å²) in [6.07, 6.45) is 3.32. The fourth-order valence-electron chi connectivity index (χ4n) is 3.42. The van der Waals surface area contributed by atoms with Crippen LogP contribution in [0.3, 0.4) is 0 Å². The number of hydrogen-bond donors (Lipinski definition) is 2. The van der Waals surface area contributed by atoms with Gasteiger partial charge in [0.05, 0.1) is 0 Å². The molecular weight excluding hydrogens is 379 g/mol. The summed E-state index contributed by atoms with van der Waals surface area (Å²) in [6, 6.07) is 4.54. The number of aromatic nitrogens is 3. The fourth-order valence-corrected chi connectivity index (χ4v) is 3.84. The first kappa shape index (κ1) is 20.6. The van der Waals surface area contributed by atoms with Gasteiger partial charge in [0, 0.05) is 36.5 Å². The normalized spacial score (nSPS) is 14.7. The van der Waals surface area contributed by atoms with Crippen LogP contribution in [0, 0.1) is 5.82 Å². The maximum Gasteiger partial charge on any atom is 0.191 e. The van der Waals surface area contributed by atoms with Crippen molar-refractivity contribution in [2.24, 2.45) is 4.99 Å². The van der Waals surface area contributed by atoms with Crippen LogP contribution in [0.5, 0.6) is 0 Å². The lowest BCUT2D eigenvalue weighted by molar-refractivity contribution is 0.503. The number of nitrogens with one attached hydrogen (secondary N) is 2. The van der Waals surface area contributed by atoms with Crippen molar-refractivity contribution in [2.45, 2.75) is 58.5 Å². The first-order valence-electron chi connectivity index (χ1n) is 9.79. The highest BCUT2D eigenvalue weighted by molar-refractivity contribution is 6.31. The SMILES string of the molecule is CCNC(=NCc1nnc2n1CCCC2)NCC(C)(C)c1ccc(F)cc1Cl. The average Bonchev–Trinajstić information content (AvgIpc) is 3.07. The smallest absolute Gasteiger partial charge is 0.191 e. The van der Waals surface area contributed by atoms with E-state index in [-0.39, 0.29) is 11.2 Å². The summed E-state index contributed by atoms with van der Waals surface area (Å²) in [5.74, 6) is 2.33. The predicted octanol–water partition coefficient (Wildman–Crippen LogP) is 3.44. The molecule has 1 aliphatic heterocycles. The number of aliphatic imine (C=N–C) groups is 1. The van der Waals surface area contributed by atoms with Gasteiger partial charge >= 0.3 is 0 Å². The minimum Gasteiger partial charge on any atom is -0.357 e. The molecule has 0 spiro atoms. The van der Waals surface area contributed by atoms with Crippen LogP contribution >= 0.6 is 11.6 Å². The molecular formula is C20H28ClFN6. The van der Waals surface area contributed by atoms with Crippen molar-refractivity contribution in [3.05, 3.63) is 46.3 Å². The molecule has 8 heteroatoms. The van der Waals surface area contributed by atoms with Crippen LogP contribution in [0.2, 0.25) is 5.02 Å². The zero-order valence-corrected chi connectivity index (χ0v) is 17.5. The summed E-state index contributed by atoms with van der Waals surface area (Å²) in [7, 11) is 0. The molecule has 0 bridgehead atoms. The second-order valence-corrected chi connectivity index (χ2v) is 8.11. The number of nitrogens with zero attached hydrogens (tertiary/aromatic N) is 4. The number of halogens is 2. The number of hydrogen-bond acceptors (Lipinski definition) is 3. The summed E-state index contributed by atoms with van der Waals surface area (Å²) in [5.41, 5.74) is 0.597. The highest BCUT2D eigenvalue weighted by Crippen LogP contribution is 2.29. The topological polar surface area (TPSA) is 67.1 Å². The zero-order valence-electron chi connectivity index (χ0n) is 16.7. The van der Waals surface area contributed by atoms with E-state index in [0.29, 0.717) is 24.1 Å². The molecule has 2 aromatic rings. The van der Waals surface area contributed by atoms with Crippen LogP contribution in [0.4, 0.5) is 4.39 Å². The molecule has 0 aliphatic carbocycles. The maximum atomic E-state index is 13.4. The van der Waals surface area contributed by atoms with Gasteiger partial charge in [-0.1, -0.05) is 31.5 Å². The molecule has 0 atom stereocenters. The number of fused-ring (bicyclic) bond motifs is 1. The Bertz CT molecular complexity index is 845. The quantitative estimate of drug-likeness (QED) is 0.569. The van der Waals surface area contributed by atoms with Crippen molar-refractivity contribution >= 4 is 17.6 Å². The lowest BCUT2D eigenvalue weighted by atomic mass is 9.84. The number of rotatable bonds is 6. The first-order valence-corrected chi connectivity index (χ1v) is 10.2. The van der Waals surface area contributed by atoms with Crippen LogP contribution in [0.15, 0.2) is 23.2 Å². The third-order valence-electron chi connectivity index (χ3n) is 5.02. The first-order chi connectivity index (χ1) is 13.4. The molecule has 0 saturated carbocycles. The monoisotopic (exact) mass is 406 g/mol. The van der Waals surface area contributed by atoms with E-state index < -0.39 is 0 Å². The van der Waals surface area contributed by atoms with Crippen molar-refractivity contribution in [3.63, 3.8) is 0 Å². The summed E-state index contributed by atoms with van der Waals surface area (Å²) in [4.78, 5) is 4.68. The van der Waals surface area contributed by atoms with Crippen molar-refractivity contribution in [1.82, 2.24) is 25.4 Å².